The van der Waals surface area contributed by atoms with Crippen molar-refractivity contribution in [3.05, 3.63) is 48.5 Å². The molecule has 0 unspecified atom stereocenters. The van der Waals surface area contributed by atoms with Crippen LogP contribution in [0.2, 0.25) is 0 Å². The zero-order valence-electron chi connectivity index (χ0n) is 17.0. The molecule has 9 nitrogen and oxygen atoms in total. The Morgan fingerprint density at radius 1 is 1.13 bits per heavy atom. The van der Waals surface area contributed by atoms with Crippen molar-refractivity contribution in [3.63, 3.8) is 0 Å². The summed E-state index contributed by atoms with van der Waals surface area (Å²) in [5.74, 6) is 0.00593. The van der Waals surface area contributed by atoms with E-state index in [1.54, 1.807) is 6.07 Å². The van der Waals surface area contributed by atoms with Gasteiger partial charge in [-0.15, -0.1) is 10.2 Å². The number of benzene rings is 2. The number of nitrogens with one attached hydrogen (secondary N) is 2. The smallest absolute Gasteiger partial charge is 0.246 e. The van der Waals surface area contributed by atoms with E-state index < -0.39 is 10.0 Å². The summed E-state index contributed by atoms with van der Waals surface area (Å²) in [4.78, 5) is 12.3. The molecule has 0 bridgehead atoms. The van der Waals surface area contributed by atoms with E-state index in [1.807, 2.05) is 30.3 Å². The molecule has 3 rings (SSSR count). The van der Waals surface area contributed by atoms with Crippen LogP contribution in [0.1, 0.15) is 0 Å². The molecule has 1 heterocycles. The maximum absolute atomic E-state index is 12.5. The highest BCUT2D eigenvalue weighted by Gasteiger charge is 2.23. The first-order valence-electron chi connectivity index (χ1n) is 8.98. The first kappa shape index (κ1) is 23.0. The van der Waals surface area contributed by atoms with E-state index in [4.69, 9.17) is 4.74 Å². The summed E-state index contributed by atoms with van der Waals surface area (Å²) >= 11 is 2.58. The molecule has 2 N–H and O–H groups in total. The van der Waals surface area contributed by atoms with Gasteiger partial charge in [0.25, 0.3) is 0 Å². The fourth-order valence-corrected chi connectivity index (χ4v) is 5.09. The molecule has 0 fully saturated rings. The van der Waals surface area contributed by atoms with Crippen molar-refractivity contribution >= 4 is 55.5 Å². The van der Waals surface area contributed by atoms with Gasteiger partial charge in [0.2, 0.25) is 21.1 Å². The lowest BCUT2D eigenvalue weighted by atomic mass is 10.3. The van der Waals surface area contributed by atoms with E-state index in [0.29, 0.717) is 15.2 Å². The number of amides is 1. The van der Waals surface area contributed by atoms with E-state index in [0.717, 1.165) is 9.99 Å². The van der Waals surface area contributed by atoms with E-state index in [9.17, 15) is 13.2 Å². The van der Waals surface area contributed by atoms with Crippen LogP contribution in [-0.4, -0.2) is 55.8 Å². The van der Waals surface area contributed by atoms with Crippen molar-refractivity contribution in [1.29, 1.82) is 0 Å². The first-order chi connectivity index (χ1) is 14.8. The Morgan fingerprint density at radius 2 is 1.87 bits per heavy atom. The van der Waals surface area contributed by atoms with Crippen molar-refractivity contribution < 1.29 is 17.9 Å². The van der Waals surface area contributed by atoms with Gasteiger partial charge in [-0.2, -0.15) is 0 Å². The Bertz CT molecular complexity index is 1150. The van der Waals surface area contributed by atoms with Gasteiger partial charge in [0.15, 0.2) is 4.34 Å². The van der Waals surface area contributed by atoms with Gasteiger partial charge in [0.05, 0.1) is 12.9 Å². The minimum Gasteiger partial charge on any atom is -0.495 e. The summed E-state index contributed by atoms with van der Waals surface area (Å²) in [7, 11) is 0.523. The standard InChI is InChI=1S/C19H21N5O4S3/c1-24(2)31(26,27)16-11-14(9-10-15(16)28-3)20-17(25)12-29-19-23-22-18(30-19)21-13-7-5-4-6-8-13/h4-11H,12H2,1-3H3,(H,20,25)(H,21,22). The second-order valence-electron chi connectivity index (χ2n) is 6.35. The van der Waals surface area contributed by atoms with Crippen LogP contribution < -0.4 is 15.4 Å². The van der Waals surface area contributed by atoms with Gasteiger partial charge in [-0.3, -0.25) is 4.79 Å². The van der Waals surface area contributed by atoms with E-state index in [-0.39, 0.29) is 22.3 Å². The lowest BCUT2D eigenvalue weighted by molar-refractivity contribution is -0.113. The number of ether oxygens (including phenoxy) is 1. The molecule has 31 heavy (non-hydrogen) atoms. The lowest BCUT2D eigenvalue weighted by Gasteiger charge is -2.15. The molecule has 0 radical (unpaired) electrons. The molecule has 0 atom stereocenters. The van der Waals surface area contributed by atoms with Crippen LogP contribution >= 0.6 is 23.1 Å². The van der Waals surface area contributed by atoms with Crippen LogP contribution in [0.3, 0.4) is 0 Å². The summed E-state index contributed by atoms with van der Waals surface area (Å²) in [5, 5.41) is 14.6. The number of sulfonamides is 1. The van der Waals surface area contributed by atoms with Gasteiger partial charge in [0, 0.05) is 25.5 Å². The third kappa shape index (κ3) is 5.94. The molecule has 1 amide bonds. The number of carbonyl (C=O) groups excluding carboxylic acids is 1. The second kappa shape index (κ2) is 10.1. The number of nitrogens with zero attached hydrogens (tertiary/aromatic N) is 3. The fourth-order valence-electron chi connectivity index (χ4n) is 2.44. The van der Waals surface area contributed by atoms with Crippen LogP contribution in [0.5, 0.6) is 5.75 Å². The number of rotatable bonds is 9. The largest absolute Gasteiger partial charge is 0.495 e. The predicted molar refractivity (Wildman–Crippen MR) is 123 cm³/mol. The zero-order chi connectivity index (χ0) is 22.4. The molecule has 1 aromatic heterocycles. The van der Waals surface area contributed by atoms with Crippen molar-refractivity contribution in [2.45, 2.75) is 9.24 Å². The molecule has 0 aliphatic heterocycles. The van der Waals surface area contributed by atoms with Crippen molar-refractivity contribution in [2.75, 3.05) is 37.6 Å². The quantitative estimate of drug-likeness (QED) is 0.450. The van der Waals surface area contributed by atoms with Gasteiger partial charge in [-0.25, -0.2) is 12.7 Å². The molecule has 0 aliphatic rings. The van der Waals surface area contributed by atoms with Gasteiger partial charge < -0.3 is 15.4 Å². The van der Waals surface area contributed by atoms with E-state index in [1.165, 1.54) is 56.4 Å². The Kier molecular flexibility index (Phi) is 7.49. The summed E-state index contributed by atoms with van der Waals surface area (Å²) in [6.45, 7) is 0. The number of hydrogen-bond donors (Lipinski definition) is 2. The maximum atomic E-state index is 12.5. The highest BCUT2D eigenvalue weighted by Crippen LogP contribution is 2.30. The second-order valence-corrected chi connectivity index (χ2v) is 10.7. The molecule has 3 aromatic rings. The zero-order valence-corrected chi connectivity index (χ0v) is 19.5. The molecule has 0 aliphatic carbocycles. The molecule has 0 saturated carbocycles. The van der Waals surface area contributed by atoms with Crippen molar-refractivity contribution in [2.24, 2.45) is 0 Å². The van der Waals surface area contributed by atoms with Crippen molar-refractivity contribution in [1.82, 2.24) is 14.5 Å². The Labute approximate surface area is 188 Å². The SMILES string of the molecule is COc1ccc(NC(=O)CSc2nnc(Nc3ccccc3)s2)cc1S(=O)(=O)N(C)C. The fraction of sp³-hybridized carbons (Fsp3) is 0.211. The number of aromatic nitrogens is 2. The molecular formula is C19H21N5O4S3. The Balaban J connectivity index is 1.61. The van der Waals surface area contributed by atoms with E-state index in [2.05, 4.69) is 20.8 Å². The number of hydrogen-bond acceptors (Lipinski definition) is 9. The minimum atomic E-state index is -3.73. The highest BCUT2D eigenvalue weighted by atomic mass is 32.2. The first-order valence-corrected chi connectivity index (χ1v) is 12.2. The van der Waals surface area contributed by atoms with Gasteiger partial charge in [-0.1, -0.05) is 41.3 Å². The molecule has 12 heteroatoms. The van der Waals surface area contributed by atoms with Gasteiger partial charge in [-0.05, 0) is 30.3 Å². The number of carbonyl (C=O) groups is 1. The van der Waals surface area contributed by atoms with Gasteiger partial charge in [0.1, 0.15) is 10.6 Å². The number of anilines is 3. The molecule has 0 saturated heterocycles. The van der Waals surface area contributed by atoms with Gasteiger partial charge >= 0.3 is 0 Å². The molecule has 164 valence electrons. The summed E-state index contributed by atoms with van der Waals surface area (Å²) in [5.41, 5.74) is 1.26. The highest BCUT2D eigenvalue weighted by molar-refractivity contribution is 8.01. The third-order valence-electron chi connectivity index (χ3n) is 3.96. The third-order valence-corrected chi connectivity index (χ3v) is 7.77. The molecular weight excluding hydrogens is 458 g/mol. The van der Waals surface area contributed by atoms with Crippen LogP contribution in [0.25, 0.3) is 0 Å². The minimum absolute atomic E-state index is 0.0220. The normalized spacial score (nSPS) is 11.4. The number of methoxy groups -OCH3 is 1. The van der Waals surface area contributed by atoms with Crippen LogP contribution in [-0.2, 0) is 14.8 Å². The summed E-state index contributed by atoms with van der Waals surface area (Å²) < 4.78 is 31.9. The molecule has 0 spiro atoms. The Morgan fingerprint density at radius 3 is 2.55 bits per heavy atom. The maximum Gasteiger partial charge on any atom is 0.246 e. The number of thioether (sulfide) groups is 1. The molecule has 2 aromatic carbocycles. The van der Waals surface area contributed by atoms with E-state index >= 15 is 0 Å². The monoisotopic (exact) mass is 479 g/mol. The Hall–Kier alpha value is -2.67. The lowest BCUT2D eigenvalue weighted by Crippen LogP contribution is -2.23. The average molecular weight is 480 g/mol. The predicted octanol–water partition coefficient (Wildman–Crippen LogP) is 3.27. The summed E-state index contributed by atoms with van der Waals surface area (Å²) in [6, 6.07) is 14.1. The van der Waals surface area contributed by atoms with Crippen LogP contribution in [0, 0.1) is 0 Å². The summed E-state index contributed by atoms with van der Waals surface area (Å²) in [6.07, 6.45) is 0. The number of para-hydroxylation sites is 1. The van der Waals surface area contributed by atoms with Crippen molar-refractivity contribution in [3.8, 4) is 5.75 Å². The van der Waals surface area contributed by atoms with Crippen LogP contribution in [0.15, 0.2) is 57.8 Å². The topological polar surface area (TPSA) is 114 Å². The van der Waals surface area contributed by atoms with Crippen LogP contribution in [0.4, 0.5) is 16.5 Å². The average Bonchev–Trinajstić information content (AvgIpc) is 3.20.